The van der Waals surface area contributed by atoms with Crippen molar-refractivity contribution in [2.45, 2.75) is 39.8 Å². The SMILES string of the molecule is CCOC(=O)CN1C(C)C1C(C)C. The molecular formula is C10H19NO2. The van der Waals surface area contributed by atoms with Gasteiger partial charge in [-0.05, 0) is 19.8 Å². The van der Waals surface area contributed by atoms with Crippen LogP contribution in [0.2, 0.25) is 0 Å². The number of ether oxygens (including phenoxy) is 1. The van der Waals surface area contributed by atoms with Crippen LogP contribution in [-0.4, -0.2) is 36.1 Å². The molecule has 0 spiro atoms. The molecule has 0 amide bonds. The van der Waals surface area contributed by atoms with Crippen molar-refractivity contribution in [2.24, 2.45) is 5.92 Å². The molecule has 0 aliphatic carbocycles. The molecule has 3 nitrogen and oxygen atoms in total. The zero-order valence-electron chi connectivity index (χ0n) is 8.91. The Labute approximate surface area is 80.1 Å². The standard InChI is InChI=1S/C10H19NO2/c1-5-13-9(12)6-11-8(4)10(11)7(2)3/h7-8,10H,5-6H2,1-4H3. The van der Waals surface area contributed by atoms with Crippen LogP contribution in [0.25, 0.3) is 0 Å². The lowest BCUT2D eigenvalue weighted by Gasteiger charge is -2.05. The minimum atomic E-state index is -0.0995. The summed E-state index contributed by atoms with van der Waals surface area (Å²) in [6.07, 6.45) is 0. The summed E-state index contributed by atoms with van der Waals surface area (Å²) in [5.74, 6) is 0.530. The molecule has 1 fully saturated rings. The van der Waals surface area contributed by atoms with Crippen LogP contribution in [0.5, 0.6) is 0 Å². The number of hydrogen-bond donors (Lipinski definition) is 0. The Morgan fingerprint density at radius 1 is 1.54 bits per heavy atom. The Kier molecular flexibility index (Phi) is 3.31. The van der Waals surface area contributed by atoms with E-state index in [2.05, 4.69) is 25.7 Å². The first kappa shape index (κ1) is 10.5. The summed E-state index contributed by atoms with van der Waals surface area (Å²) < 4.78 is 4.89. The van der Waals surface area contributed by atoms with Crippen molar-refractivity contribution in [3.8, 4) is 0 Å². The molecule has 0 radical (unpaired) electrons. The van der Waals surface area contributed by atoms with Gasteiger partial charge in [-0.25, -0.2) is 0 Å². The Balaban J connectivity index is 2.28. The van der Waals surface area contributed by atoms with Crippen molar-refractivity contribution >= 4 is 5.97 Å². The lowest BCUT2D eigenvalue weighted by molar-refractivity contribution is -0.143. The van der Waals surface area contributed by atoms with Gasteiger partial charge in [0.15, 0.2) is 0 Å². The van der Waals surface area contributed by atoms with Gasteiger partial charge in [-0.15, -0.1) is 0 Å². The number of rotatable bonds is 4. The molecule has 1 saturated heterocycles. The van der Waals surface area contributed by atoms with Crippen LogP contribution in [0.1, 0.15) is 27.7 Å². The Morgan fingerprint density at radius 2 is 2.15 bits per heavy atom. The summed E-state index contributed by atoms with van der Waals surface area (Å²) in [5, 5.41) is 0. The van der Waals surface area contributed by atoms with Gasteiger partial charge in [-0.1, -0.05) is 13.8 Å². The topological polar surface area (TPSA) is 29.3 Å². The summed E-state index contributed by atoms with van der Waals surface area (Å²) >= 11 is 0. The smallest absolute Gasteiger partial charge is 0.320 e. The number of esters is 1. The largest absolute Gasteiger partial charge is 0.465 e. The number of hydrogen-bond acceptors (Lipinski definition) is 3. The van der Waals surface area contributed by atoms with Crippen molar-refractivity contribution in [3.05, 3.63) is 0 Å². The molecule has 0 aromatic rings. The predicted molar refractivity (Wildman–Crippen MR) is 51.4 cm³/mol. The van der Waals surface area contributed by atoms with E-state index in [-0.39, 0.29) is 5.97 Å². The third-order valence-corrected chi connectivity index (χ3v) is 2.61. The van der Waals surface area contributed by atoms with Gasteiger partial charge in [-0.3, -0.25) is 9.69 Å². The van der Waals surface area contributed by atoms with Crippen molar-refractivity contribution in [1.82, 2.24) is 4.90 Å². The van der Waals surface area contributed by atoms with Crippen molar-refractivity contribution in [1.29, 1.82) is 0 Å². The van der Waals surface area contributed by atoms with E-state index in [1.54, 1.807) is 0 Å². The van der Waals surface area contributed by atoms with Crippen LogP contribution in [-0.2, 0) is 9.53 Å². The maximum absolute atomic E-state index is 11.1. The molecule has 3 atom stereocenters. The Hall–Kier alpha value is -0.570. The lowest BCUT2D eigenvalue weighted by Crippen LogP contribution is -2.19. The van der Waals surface area contributed by atoms with Crippen LogP contribution >= 0.6 is 0 Å². The van der Waals surface area contributed by atoms with E-state index >= 15 is 0 Å². The molecule has 0 aromatic carbocycles. The molecule has 1 heterocycles. The van der Waals surface area contributed by atoms with Crippen molar-refractivity contribution in [2.75, 3.05) is 13.2 Å². The Bertz CT molecular complexity index is 191. The third kappa shape index (κ3) is 2.44. The maximum Gasteiger partial charge on any atom is 0.320 e. The van der Waals surface area contributed by atoms with Gasteiger partial charge < -0.3 is 4.74 Å². The second-order valence-corrected chi connectivity index (χ2v) is 3.95. The predicted octanol–water partition coefficient (Wildman–Crippen LogP) is 1.28. The summed E-state index contributed by atoms with van der Waals surface area (Å²) in [5.41, 5.74) is 0. The summed E-state index contributed by atoms with van der Waals surface area (Å²) in [7, 11) is 0. The van der Waals surface area contributed by atoms with Crippen LogP contribution in [0.15, 0.2) is 0 Å². The van der Waals surface area contributed by atoms with Crippen LogP contribution in [0.4, 0.5) is 0 Å². The van der Waals surface area contributed by atoms with Crippen LogP contribution < -0.4 is 0 Å². The maximum atomic E-state index is 11.1. The zero-order valence-corrected chi connectivity index (χ0v) is 8.91. The summed E-state index contributed by atoms with van der Waals surface area (Å²) in [6, 6.07) is 1.12. The first-order chi connectivity index (χ1) is 6.07. The molecular weight excluding hydrogens is 166 g/mol. The Morgan fingerprint density at radius 3 is 2.54 bits per heavy atom. The monoisotopic (exact) mass is 185 g/mol. The zero-order chi connectivity index (χ0) is 10.0. The number of carbonyl (C=O) groups excluding carboxylic acids is 1. The first-order valence-electron chi connectivity index (χ1n) is 4.99. The van der Waals surface area contributed by atoms with Gasteiger partial charge in [0, 0.05) is 12.1 Å². The van der Waals surface area contributed by atoms with Gasteiger partial charge in [0.05, 0.1) is 13.2 Å². The van der Waals surface area contributed by atoms with Gasteiger partial charge >= 0.3 is 5.97 Å². The fourth-order valence-electron chi connectivity index (χ4n) is 1.98. The minimum absolute atomic E-state index is 0.0995. The van der Waals surface area contributed by atoms with E-state index in [0.717, 1.165) is 0 Å². The van der Waals surface area contributed by atoms with Crippen LogP contribution in [0, 0.1) is 5.92 Å². The second-order valence-electron chi connectivity index (χ2n) is 3.95. The van der Waals surface area contributed by atoms with E-state index in [0.29, 0.717) is 31.2 Å². The quantitative estimate of drug-likeness (QED) is 0.488. The highest BCUT2D eigenvalue weighted by Gasteiger charge is 2.46. The molecule has 1 aliphatic heterocycles. The molecule has 3 heteroatoms. The molecule has 1 aliphatic rings. The van der Waals surface area contributed by atoms with Crippen molar-refractivity contribution < 1.29 is 9.53 Å². The molecule has 0 N–H and O–H groups in total. The molecule has 0 aromatic heterocycles. The lowest BCUT2D eigenvalue weighted by atomic mass is 10.1. The van der Waals surface area contributed by atoms with Crippen molar-refractivity contribution in [3.63, 3.8) is 0 Å². The van der Waals surface area contributed by atoms with E-state index in [1.165, 1.54) is 0 Å². The van der Waals surface area contributed by atoms with Gasteiger partial charge in [-0.2, -0.15) is 0 Å². The normalized spacial score (nSPS) is 31.9. The molecule has 1 rings (SSSR count). The fraction of sp³-hybridized carbons (Fsp3) is 0.900. The summed E-state index contributed by atoms with van der Waals surface area (Å²) in [6.45, 7) is 9.30. The van der Waals surface area contributed by atoms with Gasteiger partial charge in [0.1, 0.15) is 0 Å². The third-order valence-electron chi connectivity index (χ3n) is 2.61. The molecule has 0 bridgehead atoms. The van der Waals surface area contributed by atoms with E-state index < -0.39 is 0 Å². The average Bonchev–Trinajstić information content (AvgIpc) is 2.61. The van der Waals surface area contributed by atoms with Gasteiger partial charge in [0.2, 0.25) is 0 Å². The fourth-order valence-corrected chi connectivity index (χ4v) is 1.98. The summed E-state index contributed by atoms with van der Waals surface area (Å²) in [4.78, 5) is 13.3. The van der Waals surface area contributed by atoms with Gasteiger partial charge in [0.25, 0.3) is 0 Å². The average molecular weight is 185 g/mol. The van der Waals surface area contributed by atoms with E-state index in [9.17, 15) is 4.79 Å². The molecule has 0 saturated carbocycles. The molecule has 76 valence electrons. The van der Waals surface area contributed by atoms with E-state index in [1.807, 2.05) is 6.92 Å². The number of nitrogens with zero attached hydrogens (tertiary/aromatic N) is 1. The van der Waals surface area contributed by atoms with E-state index in [4.69, 9.17) is 4.74 Å². The van der Waals surface area contributed by atoms with Crippen LogP contribution in [0.3, 0.4) is 0 Å². The number of carbonyl (C=O) groups is 1. The highest BCUT2D eigenvalue weighted by Crippen LogP contribution is 2.33. The minimum Gasteiger partial charge on any atom is -0.465 e. The first-order valence-corrected chi connectivity index (χ1v) is 4.99. The highest BCUT2D eigenvalue weighted by atomic mass is 16.5. The molecule has 13 heavy (non-hydrogen) atoms. The highest BCUT2D eigenvalue weighted by molar-refractivity contribution is 5.72. The second kappa shape index (κ2) is 4.09. The molecule has 3 unspecified atom stereocenters.